The van der Waals surface area contributed by atoms with E-state index in [9.17, 15) is 8.42 Å². The molecule has 3 heterocycles. The molecule has 1 aromatic heterocycles. The molecule has 1 aromatic rings. The first-order chi connectivity index (χ1) is 11.0. The van der Waals surface area contributed by atoms with E-state index >= 15 is 0 Å². The number of hydrogen-bond donors (Lipinski definition) is 0. The standard InChI is InChI=1S/C15H25N3O4S/c1-12-15-16-9-14(11-22-10-13-3-7-21-8-4-13)17(15)5-6-18(12)23(2,19)20/h9,12-13H,3-8,10-11H2,1-2H3/t12-/m1/s1. The number of sulfonamides is 1. The molecule has 1 atom stereocenters. The second kappa shape index (κ2) is 6.88. The van der Waals surface area contributed by atoms with Crippen LogP contribution < -0.4 is 0 Å². The van der Waals surface area contributed by atoms with Crippen LogP contribution in [0.4, 0.5) is 0 Å². The molecule has 0 aliphatic carbocycles. The average molecular weight is 343 g/mol. The molecule has 8 heteroatoms. The predicted octanol–water partition coefficient (Wildman–Crippen LogP) is 1.16. The van der Waals surface area contributed by atoms with Gasteiger partial charge in [-0.1, -0.05) is 0 Å². The lowest BCUT2D eigenvalue weighted by Gasteiger charge is -2.32. The zero-order valence-electron chi connectivity index (χ0n) is 13.8. The minimum atomic E-state index is -3.20. The van der Waals surface area contributed by atoms with Crippen LogP contribution >= 0.6 is 0 Å². The van der Waals surface area contributed by atoms with E-state index in [0.717, 1.165) is 44.2 Å². The van der Waals surface area contributed by atoms with Gasteiger partial charge < -0.3 is 14.0 Å². The number of ether oxygens (including phenoxy) is 2. The van der Waals surface area contributed by atoms with Gasteiger partial charge in [0.1, 0.15) is 5.82 Å². The van der Waals surface area contributed by atoms with Crippen LogP contribution in [0.5, 0.6) is 0 Å². The molecule has 7 nitrogen and oxygen atoms in total. The molecule has 1 fully saturated rings. The Morgan fingerprint density at radius 1 is 1.35 bits per heavy atom. The van der Waals surface area contributed by atoms with Gasteiger partial charge in [0, 0.05) is 26.3 Å². The lowest BCUT2D eigenvalue weighted by molar-refractivity contribution is 0.0141. The van der Waals surface area contributed by atoms with Gasteiger partial charge >= 0.3 is 0 Å². The van der Waals surface area contributed by atoms with Crippen LogP contribution in [0.25, 0.3) is 0 Å². The number of nitrogens with zero attached hydrogens (tertiary/aromatic N) is 3. The van der Waals surface area contributed by atoms with Crippen LogP contribution in [-0.4, -0.2) is 54.9 Å². The molecule has 0 saturated carbocycles. The van der Waals surface area contributed by atoms with Crippen molar-refractivity contribution in [2.24, 2.45) is 5.92 Å². The van der Waals surface area contributed by atoms with Crippen molar-refractivity contribution in [3.63, 3.8) is 0 Å². The van der Waals surface area contributed by atoms with Gasteiger partial charge in [-0.05, 0) is 25.7 Å². The Labute approximate surface area is 137 Å². The van der Waals surface area contributed by atoms with Gasteiger partial charge in [-0.2, -0.15) is 4.31 Å². The van der Waals surface area contributed by atoms with E-state index in [4.69, 9.17) is 9.47 Å². The van der Waals surface area contributed by atoms with Crippen molar-refractivity contribution in [3.05, 3.63) is 17.7 Å². The van der Waals surface area contributed by atoms with E-state index in [1.165, 1.54) is 10.6 Å². The molecule has 2 aliphatic rings. The van der Waals surface area contributed by atoms with Crippen molar-refractivity contribution in [2.45, 2.75) is 39.0 Å². The summed E-state index contributed by atoms with van der Waals surface area (Å²) in [6.07, 6.45) is 5.18. The fourth-order valence-electron chi connectivity index (χ4n) is 3.35. The number of aromatic nitrogens is 2. The summed E-state index contributed by atoms with van der Waals surface area (Å²) in [6, 6.07) is -0.233. The second-order valence-electron chi connectivity index (χ2n) is 6.38. The van der Waals surface area contributed by atoms with Gasteiger partial charge in [-0.15, -0.1) is 0 Å². The van der Waals surface area contributed by atoms with E-state index in [2.05, 4.69) is 9.55 Å². The minimum absolute atomic E-state index is 0.233. The fraction of sp³-hybridized carbons (Fsp3) is 0.800. The molecule has 130 valence electrons. The fourth-order valence-corrected chi connectivity index (χ4v) is 4.43. The van der Waals surface area contributed by atoms with Crippen molar-refractivity contribution in [2.75, 3.05) is 32.6 Å². The van der Waals surface area contributed by atoms with Gasteiger partial charge in [0.05, 0.1) is 37.4 Å². The van der Waals surface area contributed by atoms with Crippen LogP contribution in [0.15, 0.2) is 6.20 Å². The third kappa shape index (κ3) is 3.76. The summed E-state index contributed by atoms with van der Waals surface area (Å²) < 4.78 is 38.4. The Morgan fingerprint density at radius 3 is 2.78 bits per heavy atom. The Kier molecular flexibility index (Phi) is 5.05. The summed E-state index contributed by atoms with van der Waals surface area (Å²) in [4.78, 5) is 4.42. The number of rotatable bonds is 5. The maximum Gasteiger partial charge on any atom is 0.211 e. The zero-order chi connectivity index (χ0) is 16.4. The van der Waals surface area contributed by atoms with Gasteiger partial charge in [0.2, 0.25) is 10.0 Å². The van der Waals surface area contributed by atoms with Crippen LogP contribution in [0, 0.1) is 5.92 Å². The highest BCUT2D eigenvalue weighted by atomic mass is 32.2. The van der Waals surface area contributed by atoms with Gasteiger partial charge in [0.25, 0.3) is 0 Å². The molecule has 0 unspecified atom stereocenters. The SMILES string of the molecule is C[C@@H]1c2ncc(COCC3CCOCC3)n2CCN1S(C)(=O)=O. The van der Waals surface area contributed by atoms with Gasteiger partial charge in [-0.3, -0.25) is 0 Å². The third-order valence-electron chi connectivity index (χ3n) is 4.69. The molecule has 23 heavy (non-hydrogen) atoms. The Bertz CT molecular complexity index is 637. The largest absolute Gasteiger partial charge is 0.381 e. The van der Waals surface area contributed by atoms with Crippen molar-refractivity contribution in [1.29, 1.82) is 0 Å². The summed E-state index contributed by atoms with van der Waals surface area (Å²) in [5, 5.41) is 0. The molecule has 2 aliphatic heterocycles. The van der Waals surface area contributed by atoms with Crippen LogP contribution in [0.2, 0.25) is 0 Å². The molecule has 1 saturated heterocycles. The first-order valence-corrected chi connectivity index (χ1v) is 9.98. The van der Waals surface area contributed by atoms with Crippen molar-refractivity contribution < 1.29 is 17.9 Å². The minimum Gasteiger partial charge on any atom is -0.381 e. The Morgan fingerprint density at radius 2 is 2.09 bits per heavy atom. The highest BCUT2D eigenvalue weighted by molar-refractivity contribution is 7.88. The monoisotopic (exact) mass is 343 g/mol. The van der Waals surface area contributed by atoms with E-state index in [-0.39, 0.29) is 6.04 Å². The lowest BCUT2D eigenvalue weighted by Crippen LogP contribution is -2.40. The molecule has 0 radical (unpaired) electrons. The normalized spacial score (nSPS) is 23.8. The summed E-state index contributed by atoms with van der Waals surface area (Å²) in [6.45, 7) is 5.92. The molecule has 0 N–H and O–H groups in total. The molecule has 0 amide bonds. The van der Waals surface area contributed by atoms with Crippen molar-refractivity contribution in [3.8, 4) is 0 Å². The van der Waals surface area contributed by atoms with E-state index in [0.29, 0.717) is 25.6 Å². The molecule has 0 aromatic carbocycles. The van der Waals surface area contributed by atoms with Crippen LogP contribution in [-0.2, 0) is 32.6 Å². The zero-order valence-corrected chi connectivity index (χ0v) is 14.6. The number of hydrogen-bond acceptors (Lipinski definition) is 5. The molecular formula is C15H25N3O4S. The molecule has 0 bridgehead atoms. The maximum absolute atomic E-state index is 11.8. The first-order valence-electron chi connectivity index (χ1n) is 8.13. The number of imidazole rings is 1. The highest BCUT2D eigenvalue weighted by Crippen LogP contribution is 2.27. The van der Waals surface area contributed by atoms with Gasteiger partial charge in [-0.25, -0.2) is 13.4 Å². The van der Waals surface area contributed by atoms with Crippen LogP contribution in [0.1, 0.15) is 37.3 Å². The molecular weight excluding hydrogens is 318 g/mol. The predicted molar refractivity (Wildman–Crippen MR) is 85.4 cm³/mol. The van der Waals surface area contributed by atoms with E-state index in [1.807, 2.05) is 13.1 Å². The quantitative estimate of drug-likeness (QED) is 0.802. The highest BCUT2D eigenvalue weighted by Gasteiger charge is 2.32. The maximum atomic E-state index is 11.8. The smallest absolute Gasteiger partial charge is 0.211 e. The Balaban J connectivity index is 1.61. The van der Waals surface area contributed by atoms with Crippen LogP contribution in [0.3, 0.4) is 0 Å². The van der Waals surface area contributed by atoms with E-state index in [1.54, 1.807) is 0 Å². The summed E-state index contributed by atoms with van der Waals surface area (Å²) in [5.74, 6) is 1.37. The third-order valence-corrected chi connectivity index (χ3v) is 6.04. The van der Waals surface area contributed by atoms with E-state index < -0.39 is 10.0 Å². The van der Waals surface area contributed by atoms with Gasteiger partial charge in [0.15, 0.2) is 0 Å². The summed E-state index contributed by atoms with van der Waals surface area (Å²) >= 11 is 0. The average Bonchev–Trinajstić information content (AvgIpc) is 2.92. The van der Waals surface area contributed by atoms with Crippen molar-refractivity contribution in [1.82, 2.24) is 13.9 Å². The lowest BCUT2D eigenvalue weighted by atomic mass is 10.0. The molecule has 3 rings (SSSR count). The number of fused-ring (bicyclic) bond motifs is 1. The first kappa shape index (κ1) is 16.9. The Hall–Kier alpha value is -0.960. The summed E-state index contributed by atoms with van der Waals surface area (Å²) in [5.41, 5.74) is 1.02. The van der Waals surface area contributed by atoms with Crippen molar-refractivity contribution >= 4 is 10.0 Å². The topological polar surface area (TPSA) is 73.7 Å². The summed E-state index contributed by atoms with van der Waals surface area (Å²) in [7, 11) is -3.20. The molecule has 0 spiro atoms. The second-order valence-corrected chi connectivity index (χ2v) is 8.31.